The third-order valence-electron chi connectivity index (χ3n) is 7.58. The van der Waals surface area contributed by atoms with Crippen LogP contribution >= 0.6 is 0 Å². The Morgan fingerprint density at radius 2 is 2.02 bits per heavy atom. The summed E-state index contributed by atoms with van der Waals surface area (Å²) < 4.78 is 37.7. The van der Waals surface area contributed by atoms with E-state index in [1.807, 2.05) is 12.1 Å². The molecule has 1 aliphatic heterocycles. The second-order valence-electron chi connectivity index (χ2n) is 9.97. The molecule has 0 saturated heterocycles. The van der Waals surface area contributed by atoms with Crippen LogP contribution in [0.2, 0.25) is 0 Å². The summed E-state index contributed by atoms with van der Waals surface area (Å²) in [6.07, 6.45) is 6.51. The summed E-state index contributed by atoms with van der Waals surface area (Å²) in [5.41, 5.74) is 7.67. The molecule has 40 heavy (non-hydrogen) atoms. The van der Waals surface area contributed by atoms with E-state index in [1.54, 1.807) is 23.3 Å². The molecule has 0 spiro atoms. The third kappa shape index (κ3) is 4.65. The second-order valence-corrected chi connectivity index (χ2v) is 9.97. The zero-order valence-corrected chi connectivity index (χ0v) is 21.2. The Morgan fingerprint density at radius 1 is 1.15 bits per heavy atom. The highest BCUT2D eigenvalue weighted by Gasteiger charge is 2.39. The maximum atomic E-state index is 15.1. The number of aromatic nitrogens is 5. The van der Waals surface area contributed by atoms with Crippen LogP contribution in [0.4, 0.5) is 14.5 Å². The van der Waals surface area contributed by atoms with Gasteiger partial charge in [-0.2, -0.15) is 5.26 Å². The highest BCUT2D eigenvalue weighted by atomic mass is 19.1. The minimum Gasteiger partial charge on any atom is -0.493 e. The van der Waals surface area contributed by atoms with Gasteiger partial charge in [0, 0.05) is 12.2 Å². The minimum atomic E-state index is -0.792. The first-order valence-electron chi connectivity index (χ1n) is 12.8. The molecule has 1 aliphatic carbocycles. The Bertz CT molecular complexity index is 1630. The number of benzene rings is 1. The quantitative estimate of drug-likeness (QED) is 0.367. The lowest BCUT2D eigenvalue weighted by molar-refractivity contribution is 0.102. The molecule has 4 bridgehead atoms. The molecule has 1 amide bonds. The number of carbonyl (C=O) groups is 1. The van der Waals surface area contributed by atoms with E-state index in [2.05, 4.69) is 25.6 Å². The van der Waals surface area contributed by atoms with Gasteiger partial charge in [0.05, 0.1) is 36.3 Å². The topological polar surface area (TPSA) is 145 Å². The summed E-state index contributed by atoms with van der Waals surface area (Å²) in [4.78, 5) is 21.6. The largest absolute Gasteiger partial charge is 0.493 e. The van der Waals surface area contributed by atoms with Crippen LogP contribution in [-0.2, 0) is 0 Å². The standard InChI is InChI=1S/C28H24F2N8O2/c29-19-2-1-3-24-25(19)26-20(30)4-5-22(34-26)28(39)35-23-13-33-8-6-18(23)16-10-15(7-9-40-24)27(21(32)11-16)38-14-17(12-31)36-37-38/h1-6,8,13-16,21,27H,7,9-11,32H2,(H,35,39). The predicted molar refractivity (Wildman–Crippen MR) is 139 cm³/mol. The van der Waals surface area contributed by atoms with Gasteiger partial charge in [-0.3, -0.25) is 9.78 Å². The van der Waals surface area contributed by atoms with Gasteiger partial charge in [0.1, 0.15) is 34.8 Å². The fraction of sp³-hybridized carbons (Fsp3) is 0.286. The van der Waals surface area contributed by atoms with E-state index >= 15 is 4.39 Å². The number of nitrogens with zero attached hydrogens (tertiary/aromatic N) is 6. The molecule has 4 atom stereocenters. The van der Waals surface area contributed by atoms with Crippen molar-refractivity contribution >= 4 is 11.6 Å². The van der Waals surface area contributed by atoms with Crippen molar-refractivity contribution in [3.63, 3.8) is 0 Å². The molecule has 0 radical (unpaired) electrons. The van der Waals surface area contributed by atoms with Crippen molar-refractivity contribution in [1.29, 1.82) is 5.26 Å². The van der Waals surface area contributed by atoms with Gasteiger partial charge in [-0.1, -0.05) is 11.3 Å². The van der Waals surface area contributed by atoms with Gasteiger partial charge in [-0.15, -0.1) is 5.10 Å². The Morgan fingerprint density at radius 3 is 2.85 bits per heavy atom. The normalized spacial score (nSPS) is 22.4. The maximum Gasteiger partial charge on any atom is 0.274 e. The number of ether oxygens (including phenoxy) is 1. The van der Waals surface area contributed by atoms with Crippen molar-refractivity contribution in [1.82, 2.24) is 25.0 Å². The number of nitrogens with two attached hydrogens (primary N) is 1. The first kappa shape index (κ1) is 25.5. The van der Waals surface area contributed by atoms with E-state index in [-0.39, 0.29) is 58.9 Å². The highest BCUT2D eigenvalue weighted by Crippen LogP contribution is 2.45. The molecular formula is C28H24F2N8O2. The summed E-state index contributed by atoms with van der Waals surface area (Å²) in [7, 11) is 0. The number of anilines is 1. The minimum absolute atomic E-state index is 0.0416. The van der Waals surface area contributed by atoms with Crippen molar-refractivity contribution in [2.24, 2.45) is 11.7 Å². The first-order valence-corrected chi connectivity index (χ1v) is 12.8. The van der Waals surface area contributed by atoms with Crippen LogP contribution in [0.15, 0.2) is 55.0 Å². The number of pyridine rings is 2. The summed E-state index contributed by atoms with van der Waals surface area (Å²) in [6, 6.07) is 9.71. The molecule has 10 nitrogen and oxygen atoms in total. The summed E-state index contributed by atoms with van der Waals surface area (Å²) in [5.74, 6) is -2.14. The van der Waals surface area contributed by atoms with Gasteiger partial charge in [-0.05, 0) is 67.0 Å². The van der Waals surface area contributed by atoms with E-state index in [0.29, 0.717) is 24.9 Å². The summed E-state index contributed by atoms with van der Waals surface area (Å²) in [5, 5.41) is 20.2. The average Bonchev–Trinajstić information content (AvgIpc) is 3.42. The second kappa shape index (κ2) is 10.4. The van der Waals surface area contributed by atoms with Crippen molar-refractivity contribution in [2.45, 2.75) is 37.3 Å². The van der Waals surface area contributed by atoms with Crippen LogP contribution in [-0.4, -0.2) is 43.5 Å². The number of halogens is 2. The van der Waals surface area contributed by atoms with E-state index in [9.17, 15) is 14.4 Å². The number of carbonyl (C=O) groups excluding carboxylic acids is 1. The van der Waals surface area contributed by atoms with E-state index in [0.717, 1.165) is 11.6 Å². The van der Waals surface area contributed by atoms with E-state index in [1.165, 1.54) is 24.3 Å². The fourth-order valence-corrected chi connectivity index (χ4v) is 5.82. The van der Waals surface area contributed by atoms with Crippen LogP contribution in [0.3, 0.4) is 0 Å². The lowest BCUT2D eigenvalue weighted by Gasteiger charge is -2.40. The Hall–Kier alpha value is -4.76. The maximum absolute atomic E-state index is 15.1. The Labute approximate surface area is 227 Å². The van der Waals surface area contributed by atoms with Crippen molar-refractivity contribution in [2.75, 3.05) is 11.9 Å². The number of nitriles is 1. The zero-order valence-electron chi connectivity index (χ0n) is 21.2. The van der Waals surface area contributed by atoms with Crippen molar-refractivity contribution in [3.8, 4) is 23.1 Å². The zero-order chi connectivity index (χ0) is 27.8. The van der Waals surface area contributed by atoms with Crippen LogP contribution < -0.4 is 15.8 Å². The smallest absolute Gasteiger partial charge is 0.274 e. The van der Waals surface area contributed by atoms with E-state index in [4.69, 9.17) is 10.5 Å². The average molecular weight is 543 g/mol. The van der Waals surface area contributed by atoms with Gasteiger partial charge < -0.3 is 15.8 Å². The summed E-state index contributed by atoms with van der Waals surface area (Å²) in [6.45, 7) is 0.165. The Kier molecular flexibility index (Phi) is 6.65. The third-order valence-corrected chi connectivity index (χ3v) is 7.58. The molecule has 4 aromatic rings. The molecule has 1 fully saturated rings. The van der Waals surface area contributed by atoms with Gasteiger partial charge in [0.25, 0.3) is 5.91 Å². The van der Waals surface area contributed by atoms with Crippen LogP contribution in [0.5, 0.6) is 5.75 Å². The van der Waals surface area contributed by atoms with E-state index < -0.39 is 17.5 Å². The Balaban J connectivity index is 1.46. The first-order chi connectivity index (χ1) is 19.4. The lowest BCUT2D eigenvalue weighted by atomic mass is 9.71. The lowest BCUT2D eigenvalue weighted by Crippen LogP contribution is -2.43. The fourth-order valence-electron chi connectivity index (χ4n) is 5.82. The van der Waals surface area contributed by atoms with Gasteiger partial charge >= 0.3 is 0 Å². The van der Waals surface area contributed by atoms with Gasteiger partial charge in [0.2, 0.25) is 0 Å². The van der Waals surface area contributed by atoms with Gasteiger partial charge in [-0.25, -0.2) is 18.4 Å². The molecule has 1 aromatic carbocycles. The monoisotopic (exact) mass is 542 g/mol. The molecule has 6 rings (SSSR count). The molecule has 4 heterocycles. The molecule has 1 saturated carbocycles. The van der Waals surface area contributed by atoms with Crippen molar-refractivity contribution in [3.05, 3.63) is 83.6 Å². The molecule has 202 valence electrons. The number of hydrogen-bond acceptors (Lipinski definition) is 8. The predicted octanol–water partition coefficient (Wildman–Crippen LogP) is 3.98. The molecule has 3 aromatic heterocycles. The van der Waals surface area contributed by atoms with Crippen LogP contribution in [0.1, 0.15) is 53.0 Å². The number of hydrogen-bond donors (Lipinski definition) is 2. The van der Waals surface area contributed by atoms with Crippen LogP contribution in [0.25, 0.3) is 11.3 Å². The summed E-state index contributed by atoms with van der Waals surface area (Å²) >= 11 is 0. The number of amides is 1. The molecule has 3 N–H and O–H groups in total. The highest BCUT2D eigenvalue weighted by molar-refractivity contribution is 6.03. The van der Waals surface area contributed by atoms with Crippen molar-refractivity contribution < 1.29 is 18.3 Å². The number of rotatable bonds is 1. The SMILES string of the molecule is N#Cc1cn(C2C(N)CC3CC2CCOc2cccc(F)c2-c2nc(ccc2F)C(=O)Nc2cnccc23)nn1. The molecule has 2 aliphatic rings. The van der Waals surface area contributed by atoms with Gasteiger partial charge in [0.15, 0.2) is 5.69 Å². The molecule has 4 unspecified atom stereocenters. The van der Waals surface area contributed by atoms with Crippen LogP contribution in [0, 0.1) is 28.9 Å². The molecule has 12 heteroatoms. The molecular weight excluding hydrogens is 518 g/mol. The number of nitrogens with one attached hydrogen (secondary N) is 1. The number of fused-ring (bicyclic) bond motifs is 8.